The van der Waals surface area contributed by atoms with E-state index in [1.54, 1.807) is 0 Å². The molecule has 3 aliphatic rings. The Morgan fingerprint density at radius 3 is 3.21 bits per heavy atom. The Morgan fingerprint density at radius 1 is 1.47 bits per heavy atom. The third-order valence-electron chi connectivity index (χ3n) is 4.53. The molecular weight excluding hydrogens is 242 g/mol. The summed E-state index contributed by atoms with van der Waals surface area (Å²) in [5.74, 6) is 0.878. The second-order valence-electron chi connectivity index (χ2n) is 5.81. The molecular formula is C15H21NO3. The van der Waals surface area contributed by atoms with Crippen molar-refractivity contribution >= 4 is 5.97 Å². The van der Waals surface area contributed by atoms with Crippen molar-refractivity contribution < 1.29 is 14.6 Å². The molecule has 3 heterocycles. The zero-order valence-corrected chi connectivity index (χ0v) is 11.1. The SMILES string of the molecule is O=C1CC2C3=CCN(CCC2CO1)CC(CO)C=C3. The average molecular weight is 263 g/mol. The molecule has 3 aliphatic heterocycles. The van der Waals surface area contributed by atoms with Gasteiger partial charge in [-0.15, -0.1) is 0 Å². The molecule has 2 bridgehead atoms. The second-order valence-corrected chi connectivity index (χ2v) is 5.81. The Morgan fingerprint density at radius 2 is 2.37 bits per heavy atom. The normalized spacial score (nSPS) is 38.4. The minimum Gasteiger partial charge on any atom is -0.465 e. The predicted octanol–water partition coefficient (Wildman–Crippen LogP) is 0.976. The summed E-state index contributed by atoms with van der Waals surface area (Å²) in [6, 6.07) is 0. The number of rotatable bonds is 1. The van der Waals surface area contributed by atoms with Gasteiger partial charge in [0, 0.05) is 30.8 Å². The molecule has 0 aliphatic carbocycles. The van der Waals surface area contributed by atoms with Gasteiger partial charge in [-0.3, -0.25) is 9.69 Å². The van der Waals surface area contributed by atoms with Crippen LogP contribution >= 0.6 is 0 Å². The van der Waals surface area contributed by atoms with Crippen molar-refractivity contribution in [2.24, 2.45) is 17.8 Å². The van der Waals surface area contributed by atoms with E-state index in [1.165, 1.54) is 5.57 Å². The third kappa shape index (κ3) is 2.74. The molecule has 0 amide bonds. The molecule has 1 saturated heterocycles. The molecule has 0 aromatic heterocycles. The Labute approximate surface area is 113 Å². The van der Waals surface area contributed by atoms with Gasteiger partial charge in [0.2, 0.25) is 0 Å². The van der Waals surface area contributed by atoms with Crippen LogP contribution in [-0.2, 0) is 9.53 Å². The van der Waals surface area contributed by atoms with Crippen LogP contribution in [0.25, 0.3) is 0 Å². The maximum absolute atomic E-state index is 11.5. The molecule has 3 rings (SSSR count). The first-order valence-electron chi connectivity index (χ1n) is 7.13. The van der Waals surface area contributed by atoms with Crippen molar-refractivity contribution in [2.75, 3.05) is 32.8 Å². The largest absolute Gasteiger partial charge is 0.465 e. The number of nitrogens with zero attached hydrogens (tertiary/aromatic N) is 1. The number of carbonyl (C=O) groups is 1. The fraction of sp³-hybridized carbons (Fsp3) is 0.667. The highest BCUT2D eigenvalue weighted by molar-refractivity contribution is 5.71. The molecule has 0 aromatic carbocycles. The van der Waals surface area contributed by atoms with Gasteiger partial charge in [-0.25, -0.2) is 0 Å². The van der Waals surface area contributed by atoms with Crippen LogP contribution < -0.4 is 0 Å². The predicted molar refractivity (Wildman–Crippen MR) is 71.4 cm³/mol. The van der Waals surface area contributed by atoms with Crippen LogP contribution in [0.15, 0.2) is 23.8 Å². The number of fused-ring (bicyclic) bond motifs is 4. The fourth-order valence-corrected chi connectivity index (χ4v) is 3.34. The molecule has 0 spiro atoms. The van der Waals surface area contributed by atoms with E-state index in [4.69, 9.17) is 4.74 Å². The number of allylic oxidation sites excluding steroid dienone is 2. The minimum absolute atomic E-state index is 0.0752. The first kappa shape index (κ1) is 12.9. The standard InChI is InChI=1S/C15H21NO3/c17-9-11-1-2-12-3-5-16(8-11)6-4-13-10-19-15(18)7-14(12)13/h1-3,11,13-14,17H,4-10H2. The lowest BCUT2D eigenvalue weighted by Gasteiger charge is -2.37. The number of carbonyl (C=O) groups excluding carboxylic acids is 1. The molecule has 1 fully saturated rings. The molecule has 104 valence electrons. The van der Waals surface area contributed by atoms with Crippen LogP contribution in [0.1, 0.15) is 12.8 Å². The summed E-state index contributed by atoms with van der Waals surface area (Å²) in [5.41, 5.74) is 1.25. The second kappa shape index (κ2) is 5.47. The first-order chi connectivity index (χ1) is 9.26. The first-order valence-corrected chi connectivity index (χ1v) is 7.13. The van der Waals surface area contributed by atoms with Gasteiger partial charge in [0.1, 0.15) is 0 Å². The highest BCUT2D eigenvalue weighted by atomic mass is 16.5. The number of ether oxygens (including phenoxy) is 1. The van der Waals surface area contributed by atoms with Crippen LogP contribution in [0.5, 0.6) is 0 Å². The van der Waals surface area contributed by atoms with E-state index >= 15 is 0 Å². The van der Waals surface area contributed by atoms with Gasteiger partial charge in [-0.2, -0.15) is 0 Å². The number of hydrogen-bond donors (Lipinski definition) is 1. The zero-order valence-electron chi connectivity index (χ0n) is 11.1. The molecule has 4 nitrogen and oxygen atoms in total. The van der Waals surface area contributed by atoms with Crippen molar-refractivity contribution in [1.29, 1.82) is 0 Å². The summed E-state index contributed by atoms with van der Waals surface area (Å²) < 4.78 is 5.22. The lowest BCUT2D eigenvalue weighted by molar-refractivity contribution is -0.152. The molecule has 4 atom stereocenters. The summed E-state index contributed by atoms with van der Waals surface area (Å²) in [6.45, 7) is 3.61. The Kier molecular flexibility index (Phi) is 3.71. The van der Waals surface area contributed by atoms with E-state index in [0.29, 0.717) is 24.9 Å². The van der Waals surface area contributed by atoms with E-state index < -0.39 is 0 Å². The van der Waals surface area contributed by atoms with Gasteiger partial charge in [0.25, 0.3) is 0 Å². The van der Waals surface area contributed by atoms with Crippen molar-refractivity contribution in [3.05, 3.63) is 23.8 Å². The van der Waals surface area contributed by atoms with E-state index in [2.05, 4.69) is 23.1 Å². The molecule has 0 radical (unpaired) electrons. The van der Waals surface area contributed by atoms with Gasteiger partial charge in [-0.05, 0) is 18.5 Å². The molecule has 19 heavy (non-hydrogen) atoms. The third-order valence-corrected chi connectivity index (χ3v) is 4.53. The highest BCUT2D eigenvalue weighted by Gasteiger charge is 2.34. The Hall–Kier alpha value is -1.13. The summed E-state index contributed by atoms with van der Waals surface area (Å²) in [5, 5.41) is 9.40. The monoisotopic (exact) mass is 263 g/mol. The van der Waals surface area contributed by atoms with Crippen LogP contribution in [0.3, 0.4) is 0 Å². The van der Waals surface area contributed by atoms with Crippen molar-refractivity contribution in [2.45, 2.75) is 12.8 Å². The van der Waals surface area contributed by atoms with E-state index in [0.717, 1.165) is 26.1 Å². The Balaban J connectivity index is 1.89. The van der Waals surface area contributed by atoms with Crippen molar-refractivity contribution in [1.82, 2.24) is 4.90 Å². The van der Waals surface area contributed by atoms with E-state index in [1.807, 2.05) is 0 Å². The van der Waals surface area contributed by atoms with Gasteiger partial charge in [-0.1, -0.05) is 18.2 Å². The number of esters is 1. The van der Waals surface area contributed by atoms with Gasteiger partial charge in [0.15, 0.2) is 0 Å². The molecule has 4 unspecified atom stereocenters. The van der Waals surface area contributed by atoms with Crippen LogP contribution in [0.2, 0.25) is 0 Å². The van der Waals surface area contributed by atoms with Gasteiger partial charge in [0.05, 0.1) is 19.6 Å². The van der Waals surface area contributed by atoms with Crippen LogP contribution in [-0.4, -0.2) is 48.8 Å². The molecule has 1 N–H and O–H groups in total. The number of aliphatic hydroxyl groups excluding tert-OH is 1. The number of hydrogen-bond acceptors (Lipinski definition) is 4. The maximum Gasteiger partial charge on any atom is 0.306 e. The van der Waals surface area contributed by atoms with Crippen molar-refractivity contribution in [3.63, 3.8) is 0 Å². The lowest BCUT2D eigenvalue weighted by atomic mass is 9.78. The van der Waals surface area contributed by atoms with Crippen LogP contribution in [0, 0.1) is 17.8 Å². The smallest absolute Gasteiger partial charge is 0.306 e. The van der Waals surface area contributed by atoms with Crippen molar-refractivity contribution in [3.8, 4) is 0 Å². The zero-order chi connectivity index (χ0) is 13.2. The quantitative estimate of drug-likeness (QED) is 0.716. The average Bonchev–Trinajstić information content (AvgIpc) is 2.38. The Bertz CT molecular complexity index is 416. The van der Waals surface area contributed by atoms with E-state index in [-0.39, 0.29) is 18.5 Å². The summed E-state index contributed by atoms with van der Waals surface area (Å²) in [6.07, 6.45) is 8.05. The maximum atomic E-state index is 11.5. The van der Waals surface area contributed by atoms with E-state index in [9.17, 15) is 9.90 Å². The lowest BCUT2D eigenvalue weighted by Crippen LogP contribution is -2.40. The topological polar surface area (TPSA) is 49.8 Å². The minimum atomic E-state index is -0.0752. The number of cyclic esters (lactones) is 1. The summed E-state index contributed by atoms with van der Waals surface area (Å²) >= 11 is 0. The fourth-order valence-electron chi connectivity index (χ4n) is 3.34. The van der Waals surface area contributed by atoms with Crippen LogP contribution in [0.4, 0.5) is 0 Å². The summed E-state index contributed by atoms with van der Waals surface area (Å²) in [7, 11) is 0. The molecule has 0 aromatic rings. The molecule has 0 saturated carbocycles. The number of aliphatic hydroxyl groups is 1. The highest BCUT2D eigenvalue weighted by Crippen LogP contribution is 2.34. The summed E-state index contributed by atoms with van der Waals surface area (Å²) in [4.78, 5) is 13.9. The molecule has 4 heteroatoms. The van der Waals surface area contributed by atoms with Gasteiger partial charge >= 0.3 is 5.97 Å². The van der Waals surface area contributed by atoms with Gasteiger partial charge < -0.3 is 9.84 Å².